The maximum absolute atomic E-state index is 10.6. The number of hydrazine groups is 1. The van der Waals surface area contributed by atoms with Crippen LogP contribution in [-0.4, -0.2) is 18.0 Å². The van der Waals surface area contributed by atoms with E-state index in [9.17, 15) is 9.59 Å². The molecule has 1 aliphatic heterocycles. The number of nitrogens with zero attached hydrogens (tertiary/aromatic N) is 1. The largest absolute Gasteiger partial charge is 0.293 e. The molecule has 0 aromatic rings. The highest BCUT2D eigenvalue weighted by atomic mass is 16.2. The van der Waals surface area contributed by atoms with E-state index < -0.39 is 17.7 Å². The Morgan fingerprint density at radius 2 is 2.60 bits per heavy atom. The van der Waals surface area contributed by atoms with E-state index in [4.69, 9.17) is 5.84 Å². The fraction of sp³-hybridized carbons (Fsp3) is 0.250. The molecule has 0 radical (unpaired) electrons. The second-order valence-corrected chi connectivity index (χ2v) is 1.74. The lowest BCUT2D eigenvalue weighted by Crippen LogP contribution is -2.40. The summed E-state index contributed by atoms with van der Waals surface area (Å²) in [5.41, 5.74) is 3.95. The number of hydrogen-bond acceptors (Lipinski definition) is 4. The molecular formula is C4H6N4O2. The van der Waals surface area contributed by atoms with E-state index in [1.165, 1.54) is 6.21 Å². The molecule has 0 aliphatic carbocycles. The Labute approximate surface area is 56.4 Å². The van der Waals surface area contributed by atoms with Crippen LogP contribution in [0.1, 0.15) is 0 Å². The molecule has 1 atom stereocenters. The highest BCUT2D eigenvalue weighted by Gasteiger charge is 2.27. The summed E-state index contributed by atoms with van der Waals surface area (Å²) in [5.74, 6) is 2.89. The van der Waals surface area contributed by atoms with Crippen LogP contribution in [-0.2, 0) is 9.59 Å². The molecule has 54 valence electrons. The number of hydrogen-bond donors (Lipinski definition) is 3. The van der Waals surface area contributed by atoms with Gasteiger partial charge in [-0.3, -0.25) is 15.0 Å². The van der Waals surface area contributed by atoms with E-state index in [0.29, 0.717) is 0 Å². The van der Waals surface area contributed by atoms with Gasteiger partial charge in [0.1, 0.15) is 0 Å². The predicted octanol–water partition coefficient (Wildman–Crippen LogP) is -2.29. The first-order valence-electron chi connectivity index (χ1n) is 2.59. The molecule has 6 nitrogen and oxygen atoms in total. The Bertz CT molecular complexity index is 199. The Morgan fingerprint density at radius 1 is 1.90 bits per heavy atom. The summed E-state index contributed by atoms with van der Waals surface area (Å²) in [6, 6.07) is 0. The number of carbonyl (C=O) groups excluding carboxylic acids is 2. The lowest BCUT2D eigenvalue weighted by atomic mass is 10.1. The van der Waals surface area contributed by atoms with Gasteiger partial charge in [0.2, 0.25) is 0 Å². The minimum Gasteiger partial charge on any atom is -0.293 e. The topological polar surface area (TPSA) is 96.6 Å². The maximum Gasteiger partial charge on any atom is 0.258 e. The van der Waals surface area contributed by atoms with Crippen LogP contribution in [0.2, 0.25) is 0 Å². The van der Waals surface area contributed by atoms with Crippen LogP contribution in [0.25, 0.3) is 0 Å². The van der Waals surface area contributed by atoms with Gasteiger partial charge >= 0.3 is 0 Å². The van der Waals surface area contributed by atoms with Gasteiger partial charge in [-0.25, -0.2) is 11.3 Å². The van der Waals surface area contributed by atoms with Crippen molar-refractivity contribution >= 4 is 18.0 Å². The van der Waals surface area contributed by atoms with Gasteiger partial charge in [0, 0.05) is 6.21 Å². The smallest absolute Gasteiger partial charge is 0.258 e. The third kappa shape index (κ3) is 0.960. The fourth-order valence-electron chi connectivity index (χ4n) is 0.589. The molecule has 1 rings (SSSR count). The van der Waals surface area contributed by atoms with Crippen molar-refractivity contribution in [2.75, 3.05) is 0 Å². The van der Waals surface area contributed by atoms with Crippen LogP contribution in [0, 0.1) is 5.92 Å². The monoisotopic (exact) mass is 142 g/mol. The number of nitrogens with two attached hydrogens (primary N) is 1. The van der Waals surface area contributed by atoms with Crippen molar-refractivity contribution in [3.8, 4) is 0 Å². The average Bonchev–Trinajstić information content (AvgIpc) is 2.34. The number of amides is 2. The molecule has 1 unspecified atom stereocenters. The van der Waals surface area contributed by atoms with Gasteiger partial charge in [0.25, 0.3) is 11.8 Å². The quantitative estimate of drug-likeness (QED) is 0.166. The van der Waals surface area contributed by atoms with E-state index in [-0.39, 0.29) is 0 Å². The van der Waals surface area contributed by atoms with E-state index in [1.54, 1.807) is 0 Å². The van der Waals surface area contributed by atoms with E-state index in [2.05, 4.69) is 10.5 Å². The first kappa shape index (κ1) is 6.69. The molecule has 1 heterocycles. The van der Waals surface area contributed by atoms with Crippen molar-refractivity contribution in [1.29, 1.82) is 0 Å². The van der Waals surface area contributed by atoms with Crippen LogP contribution < -0.4 is 16.7 Å². The molecule has 0 aromatic heterocycles. The first-order chi connectivity index (χ1) is 4.75. The van der Waals surface area contributed by atoms with Crippen molar-refractivity contribution in [2.24, 2.45) is 16.9 Å². The number of hydrazone groups is 1. The van der Waals surface area contributed by atoms with E-state index in [1.807, 2.05) is 5.43 Å². The molecule has 0 bridgehead atoms. The minimum absolute atomic E-state index is 0.456. The maximum atomic E-state index is 10.6. The highest BCUT2D eigenvalue weighted by molar-refractivity contribution is 6.14. The van der Waals surface area contributed by atoms with Crippen molar-refractivity contribution in [3.05, 3.63) is 0 Å². The van der Waals surface area contributed by atoms with Crippen LogP contribution >= 0.6 is 0 Å². The summed E-state index contributed by atoms with van der Waals surface area (Å²) in [4.78, 5) is 21.3. The van der Waals surface area contributed by atoms with Gasteiger partial charge in [-0.1, -0.05) is 0 Å². The zero-order chi connectivity index (χ0) is 7.56. The molecule has 2 amide bonds. The minimum atomic E-state index is -0.870. The second-order valence-electron chi connectivity index (χ2n) is 1.74. The number of rotatable bonds is 1. The Hall–Kier alpha value is -1.43. The molecule has 0 fully saturated rings. The second kappa shape index (κ2) is 2.44. The summed E-state index contributed by atoms with van der Waals surface area (Å²) in [6.45, 7) is 0. The summed E-state index contributed by atoms with van der Waals surface area (Å²) in [7, 11) is 0. The predicted molar refractivity (Wildman–Crippen MR) is 32.5 cm³/mol. The summed E-state index contributed by atoms with van der Waals surface area (Å²) in [6.07, 6.45) is 1.20. The highest BCUT2D eigenvalue weighted by Crippen LogP contribution is 1.97. The SMILES string of the molecule is NNC(=O)C1C=NNC1=O. The molecule has 0 spiro atoms. The molecule has 6 heteroatoms. The third-order valence-electron chi connectivity index (χ3n) is 1.11. The molecule has 4 N–H and O–H groups in total. The van der Waals surface area contributed by atoms with Crippen LogP contribution in [0.4, 0.5) is 0 Å². The number of nitrogens with one attached hydrogen (secondary N) is 2. The molecule has 10 heavy (non-hydrogen) atoms. The molecule has 1 aliphatic rings. The molecule has 0 saturated carbocycles. The lowest BCUT2D eigenvalue weighted by molar-refractivity contribution is -0.131. The van der Waals surface area contributed by atoms with Gasteiger partial charge in [-0.15, -0.1) is 0 Å². The summed E-state index contributed by atoms with van der Waals surface area (Å²) >= 11 is 0. The average molecular weight is 142 g/mol. The summed E-state index contributed by atoms with van der Waals surface area (Å²) < 4.78 is 0. The zero-order valence-electron chi connectivity index (χ0n) is 5.00. The first-order valence-corrected chi connectivity index (χ1v) is 2.59. The van der Waals surface area contributed by atoms with Gasteiger partial charge in [-0.05, 0) is 0 Å². The van der Waals surface area contributed by atoms with Crippen molar-refractivity contribution in [1.82, 2.24) is 10.9 Å². The van der Waals surface area contributed by atoms with Crippen LogP contribution in [0.15, 0.2) is 5.10 Å². The summed E-state index contributed by atoms with van der Waals surface area (Å²) in [5, 5.41) is 3.37. The van der Waals surface area contributed by atoms with Crippen molar-refractivity contribution in [3.63, 3.8) is 0 Å². The molecule has 0 aromatic carbocycles. The van der Waals surface area contributed by atoms with Gasteiger partial charge in [0.15, 0.2) is 5.92 Å². The standard InChI is InChI=1S/C4H6N4O2/c5-7-3(9)2-1-6-8-4(2)10/h1-2H,5H2,(H,7,9)(H,8,10). The van der Waals surface area contributed by atoms with Crippen LogP contribution in [0.3, 0.4) is 0 Å². The fourth-order valence-corrected chi connectivity index (χ4v) is 0.589. The normalized spacial score (nSPS) is 22.5. The molecular weight excluding hydrogens is 136 g/mol. The molecule has 0 saturated heterocycles. The number of carbonyl (C=O) groups is 2. The zero-order valence-corrected chi connectivity index (χ0v) is 5.00. The van der Waals surface area contributed by atoms with Gasteiger partial charge in [-0.2, -0.15) is 5.10 Å². The lowest BCUT2D eigenvalue weighted by Gasteiger charge is -1.99. The Kier molecular flexibility index (Phi) is 1.63. The Morgan fingerprint density at radius 3 is 3.00 bits per heavy atom. The van der Waals surface area contributed by atoms with Crippen molar-refractivity contribution < 1.29 is 9.59 Å². The van der Waals surface area contributed by atoms with Gasteiger partial charge in [0.05, 0.1) is 0 Å². The van der Waals surface area contributed by atoms with Gasteiger partial charge < -0.3 is 0 Å². The Balaban J connectivity index is 2.64. The third-order valence-corrected chi connectivity index (χ3v) is 1.11. The van der Waals surface area contributed by atoms with Crippen LogP contribution in [0.5, 0.6) is 0 Å². The van der Waals surface area contributed by atoms with Crippen molar-refractivity contribution in [2.45, 2.75) is 0 Å². The van der Waals surface area contributed by atoms with E-state index >= 15 is 0 Å². The van der Waals surface area contributed by atoms with E-state index in [0.717, 1.165) is 0 Å².